The van der Waals surface area contributed by atoms with Crippen LogP contribution in [0.15, 0.2) is 78.7 Å². The van der Waals surface area contributed by atoms with Crippen LogP contribution in [-0.4, -0.2) is 0 Å². The van der Waals surface area contributed by atoms with E-state index in [4.69, 9.17) is 0 Å². The normalized spacial score (nSPS) is 14.0. The molecule has 0 saturated carbocycles. The minimum absolute atomic E-state index is 0.0191. The lowest BCUT2D eigenvalue weighted by Crippen LogP contribution is -2.02. The van der Waals surface area contributed by atoms with Gasteiger partial charge in [-0.1, -0.05) is 86.7 Å². The topological polar surface area (TPSA) is 0 Å². The molecule has 0 aliphatic carbocycles. The van der Waals surface area contributed by atoms with Crippen LogP contribution in [0.1, 0.15) is 44.7 Å². The Labute approximate surface area is 184 Å². The van der Waals surface area contributed by atoms with E-state index < -0.39 is 11.6 Å². The van der Waals surface area contributed by atoms with Gasteiger partial charge < -0.3 is 0 Å². The predicted molar refractivity (Wildman–Crippen MR) is 126 cm³/mol. The van der Waals surface area contributed by atoms with Gasteiger partial charge in [0.15, 0.2) is 11.6 Å². The molecule has 0 aliphatic heterocycles. The Hall–Kier alpha value is -2.81. The minimum Gasteiger partial charge on any atom is -0.207 e. The standard InChI is InChI=1S/C28H31F3/c1-18(2)17-26(29)22(6)21(5)11-7-19(3)10-14-24-15-16-25(28(31)27(24)30)23-12-8-20(4)9-13-23/h8-10,12-17,19,21H,1,6-7,11H2,2-5H3/b14-10+,26-17+. The van der Waals surface area contributed by atoms with E-state index in [9.17, 15) is 13.2 Å². The second kappa shape index (κ2) is 11.0. The fraction of sp³-hybridized carbons (Fsp3) is 0.286. The number of rotatable bonds is 9. The monoisotopic (exact) mass is 424 g/mol. The van der Waals surface area contributed by atoms with Gasteiger partial charge in [-0.3, -0.25) is 0 Å². The molecule has 0 saturated heterocycles. The molecule has 2 unspecified atom stereocenters. The maximum Gasteiger partial charge on any atom is 0.167 e. The van der Waals surface area contributed by atoms with Gasteiger partial charge in [0.2, 0.25) is 0 Å². The number of halogens is 3. The fourth-order valence-electron chi connectivity index (χ4n) is 3.24. The molecule has 0 nitrogen and oxygen atoms in total. The van der Waals surface area contributed by atoms with Crippen molar-refractivity contribution in [3.63, 3.8) is 0 Å². The summed E-state index contributed by atoms with van der Waals surface area (Å²) >= 11 is 0. The van der Waals surface area contributed by atoms with E-state index in [0.29, 0.717) is 16.7 Å². The molecule has 2 atom stereocenters. The lowest BCUT2D eigenvalue weighted by atomic mass is 9.91. The Morgan fingerprint density at radius 3 is 2.23 bits per heavy atom. The number of allylic oxidation sites excluding steroid dienone is 5. The van der Waals surface area contributed by atoms with Crippen molar-refractivity contribution in [2.75, 3.05) is 0 Å². The third-order valence-corrected chi connectivity index (χ3v) is 5.41. The summed E-state index contributed by atoms with van der Waals surface area (Å²) in [5.74, 6) is -1.93. The fourth-order valence-corrected chi connectivity index (χ4v) is 3.24. The average Bonchev–Trinajstić information content (AvgIpc) is 2.72. The molecule has 2 rings (SSSR count). The largest absolute Gasteiger partial charge is 0.207 e. The third-order valence-electron chi connectivity index (χ3n) is 5.41. The number of hydrogen-bond donors (Lipinski definition) is 0. The maximum atomic E-state index is 14.6. The van der Waals surface area contributed by atoms with Gasteiger partial charge in [0.25, 0.3) is 0 Å². The van der Waals surface area contributed by atoms with Crippen molar-refractivity contribution in [3.8, 4) is 11.1 Å². The van der Waals surface area contributed by atoms with Crippen molar-refractivity contribution >= 4 is 6.08 Å². The van der Waals surface area contributed by atoms with Gasteiger partial charge in [-0.15, -0.1) is 0 Å². The summed E-state index contributed by atoms with van der Waals surface area (Å²) in [6.07, 6.45) is 6.38. The molecule has 2 aromatic rings. The zero-order valence-corrected chi connectivity index (χ0v) is 18.8. The van der Waals surface area contributed by atoms with Crippen LogP contribution in [0.3, 0.4) is 0 Å². The number of hydrogen-bond acceptors (Lipinski definition) is 0. The van der Waals surface area contributed by atoms with Crippen LogP contribution in [0.25, 0.3) is 17.2 Å². The Balaban J connectivity index is 2.03. The molecule has 0 N–H and O–H groups in total. The smallest absolute Gasteiger partial charge is 0.167 e. The molecule has 0 aliphatic rings. The lowest BCUT2D eigenvalue weighted by molar-refractivity contribution is 0.501. The van der Waals surface area contributed by atoms with Crippen LogP contribution in [0.2, 0.25) is 0 Å². The van der Waals surface area contributed by atoms with Crippen LogP contribution in [0, 0.1) is 30.4 Å². The number of aryl methyl sites for hydroxylation is 1. The highest BCUT2D eigenvalue weighted by atomic mass is 19.2. The Kier molecular flexibility index (Phi) is 8.67. The lowest BCUT2D eigenvalue weighted by Gasteiger charge is -2.15. The van der Waals surface area contributed by atoms with Gasteiger partial charge in [-0.25, -0.2) is 13.2 Å². The van der Waals surface area contributed by atoms with Gasteiger partial charge >= 0.3 is 0 Å². The van der Waals surface area contributed by atoms with E-state index in [1.54, 1.807) is 37.3 Å². The van der Waals surface area contributed by atoms with Crippen molar-refractivity contribution < 1.29 is 13.2 Å². The molecule has 0 spiro atoms. The van der Waals surface area contributed by atoms with E-state index in [-0.39, 0.29) is 28.8 Å². The van der Waals surface area contributed by atoms with Crippen molar-refractivity contribution in [1.29, 1.82) is 0 Å². The Morgan fingerprint density at radius 1 is 0.968 bits per heavy atom. The quantitative estimate of drug-likeness (QED) is 0.352. The van der Waals surface area contributed by atoms with E-state index in [1.165, 1.54) is 6.08 Å². The summed E-state index contributed by atoms with van der Waals surface area (Å²) in [4.78, 5) is 0. The SMILES string of the molecule is C=C(C)/C=C(/F)C(=C)C(C)CCC(C)/C=C/c1ccc(-c2ccc(C)cc2)c(F)c1F. The van der Waals surface area contributed by atoms with Gasteiger partial charge in [-0.2, -0.15) is 0 Å². The van der Waals surface area contributed by atoms with Crippen molar-refractivity contribution in [1.82, 2.24) is 0 Å². The van der Waals surface area contributed by atoms with E-state index >= 15 is 0 Å². The summed E-state index contributed by atoms with van der Waals surface area (Å²) in [6, 6.07) is 10.5. The van der Waals surface area contributed by atoms with E-state index in [1.807, 2.05) is 39.0 Å². The third kappa shape index (κ3) is 6.85. The molecule has 0 bridgehead atoms. The highest BCUT2D eigenvalue weighted by Gasteiger charge is 2.15. The molecular formula is C28H31F3. The zero-order chi connectivity index (χ0) is 23.1. The van der Waals surface area contributed by atoms with Crippen LogP contribution in [0.5, 0.6) is 0 Å². The summed E-state index contributed by atoms with van der Waals surface area (Å²) in [7, 11) is 0. The predicted octanol–water partition coefficient (Wildman–Crippen LogP) is 8.99. The molecular weight excluding hydrogens is 393 g/mol. The summed E-state index contributed by atoms with van der Waals surface area (Å²) in [5, 5.41) is 0. The average molecular weight is 425 g/mol. The molecule has 31 heavy (non-hydrogen) atoms. The van der Waals surface area contributed by atoms with Crippen molar-refractivity contribution in [3.05, 3.63) is 101 Å². The van der Waals surface area contributed by atoms with Crippen LogP contribution < -0.4 is 0 Å². The summed E-state index contributed by atoms with van der Waals surface area (Å²) in [6.45, 7) is 15.1. The summed E-state index contributed by atoms with van der Waals surface area (Å²) < 4.78 is 43.3. The highest BCUT2D eigenvalue weighted by molar-refractivity contribution is 5.67. The second-order valence-corrected chi connectivity index (χ2v) is 8.38. The highest BCUT2D eigenvalue weighted by Crippen LogP contribution is 2.29. The molecule has 0 amide bonds. The van der Waals surface area contributed by atoms with E-state index in [2.05, 4.69) is 13.2 Å². The Bertz CT molecular complexity index is 994. The molecule has 164 valence electrons. The van der Waals surface area contributed by atoms with Crippen molar-refractivity contribution in [2.45, 2.75) is 40.5 Å². The maximum absolute atomic E-state index is 14.6. The van der Waals surface area contributed by atoms with Crippen LogP contribution >= 0.6 is 0 Å². The first-order valence-electron chi connectivity index (χ1n) is 10.5. The molecule has 0 radical (unpaired) electrons. The number of benzene rings is 2. The van der Waals surface area contributed by atoms with Crippen LogP contribution in [0.4, 0.5) is 13.2 Å². The molecule has 0 fully saturated rings. The first kappa shape index (κ1) is 24.5. The zero-order valence-electron chi connectivity index (χ0n) is 18.8. The van der Waals surface area contributed by atoms with E-state index in [0.717, 1.165) is 18.4 Å². The molecule has 0 aromatic heterocycles. The van der Waals surface area contributed by atoms with Gasteiger partial charge in [-0.05, 0) is 55.7 Å². The first-order chi connectivity index (χ1) is 14.6. The first-order valence-corrected chi connectivity index (χ1v) is 10.5. The van der Waals surface area contributed by atoms with Crippen LogP contribution in [-0.2, 0) is 0 Å². The van der Waals surface area contributed by atoms with Crippen molar-refractivity contribution in [2.24, 2.45) is 11.8 Å². The second-order valence-electron chi connectivity index (χ2n) is 8.38. The molecule has 2 aromatic carbocycles. The van der Waals surface area contributed by atoms with Gasteiger partial charge in [0, 0.05) is 11.1 Å². The molecule has 0 heterocycles. The van der Waals surface area contributed by atoms with Gasteiger partial charge in [0.1, 0.15) is 5.83 Å². The minimum atomic E-state index is -0.852. The van der Waals surface area contributed by atoms with Gasteiger partial charge in [0.05, 0.1) is 0 Å². The summed E-state index contributed by atoms with van der Waals surface area (Å²) in [5.41, 5.74) is 3.27. The molecule has 3 heteroatoms. The Morgan fingerprint density at radius 2 is 1.61 bits per heavy atom.